The van der Waals surface area contributed by atoms with Gasteiger partial charge >= 0.3 is 6.01 Å². The van der Waals surface area contributed by atoms with Gasteiger partial charge in [-0.25, -0.2) is 4.68 Å². The second kappa shape index (κ2) is 9.48. The van der Waals surface area contributed by atoms with Gasteiger partial charge < -0.3 is 14.8 Å². The zero-order chi connectivity index (χ0) is 19.9. The van der Waals surface area contributed by atoms with E-state index in [1.165, 1.54) is 0 Å². The summed E-state index contributed by atoms with van der Waals surface area (Å²) in [4.78, 5) is 17.5. The Kier molecular flexibility index (Phi) is 6.78. The van der Waals surface area contributed by atoms with E-state index < -0.39 is 0 Å². The highest BCUT2D eigenvalue weighted by molar-refractivity contribution is 7.13. The number of anilines is 1. The molecule has 0 bridgehead atoms. The number of nitrogens with zero attached hydrogens (tertiary/aromatic N) is 3. The van der Waals surface area contributed by atoms with Crippen molar-refractivity contribution in [2.24, 2.45) is 5.92 Å². The summed E-state index contributed by atoms with van der Waals surface area (Å²) in [6.07, 6.45) is 0.496. The number of ether oxygens (including phenoxy) is 2. The highest BCUT2D eigenvalue weighted by atomic mass is 32.1. The summed E-state index contributed by atoms with van der Waals surface area (Å²) in [6.45, 7) is 4.89. The van der Waals surface area contributed by atoms with E-state index in [2.05, 4.69) is 15.4 Å². The summed E-state index contributed by atoms with van der Waals surface area (Å²) in [7, 11) is 1.62. The average Bonchev–Trinajstić information content (AvgIpc) is 3.31. The predicted octanol–water partition coefficient (Wildman–Crippen LogP) is 4.01. The van der Waals surface area contributed by atoms with Gasteiger partial charge in [-0.1, -0.05) is 19.9 Å². The minimum atomic E-state index is 0.0107. The Hall–Kier alpha value is -2.71. The van der Waals surface area contributed by atoms with E-state index in [1.807, 2.05) is 55.6 Å². The molecule has 1 N–H and O–H groups in total. The number of hydrogen-bond acceptors (Lipinski definition) is 6. The van der Waals surface area contributed by atoms with Crippen LogP contribution in [0, 0.1) is 5.92 Å². The Labute approximate surface area is 168 Å². The van der Waals surface area contributed by atoms with Crippen LogP contribution >= 0.6 is 11.3 Å². The van der Waals surface area contributed by atoms with E-state index in [0.29, 0.717) is 37.4 Å². The number of carbonyl (C=O) groups excluding carboxylic acids is 1. The van der Waals surface area contributed by atoms with Gasteiger partial charge in [0.2, 0.25) is 5.91 Å². The van der Waals surface area contributed by atoms with Crippen LogP contribution in [0.1, 0.15) is 20.3 Å². The molecule has 1 aromatic carbocycles. The number of thiophene rings is 1. The number of rotatable bonds is 9. The number of aromatic nitrogens is 3. The van der Waals surface area contributed by atoms with Crippen LogP contribution in [0.15, 0.2) is 41.8 Å². The predicted molar refractivity (Wildman–Crippen MR) is 110 cm³/mol. The first-order valence-electron chi connectivity index (χ1n) is 9.09. The Morgan fingerprint density at radius 3 is 2.64 bits per heavy atom. The maximum atomic E-state index is 12.0. The maximum Gasteiger partial charge on any atom is 0.336 e. The van der Waals surface area contributed by atoms with Crippen LogP contribution in [0.3, 0.4) is 0 Å². The Bertz CT molecular complexity index is 889. The van der Waals surface area contributed by atoms with Crippen molar-refractivity contribution in [3.05, 3.63) is 41.8 Å². The molecule has 28 heavy (non-hydrogen) atoms. The number of carbonyl (C=O) groups is 1. The van der Waals surface area contributed by atoms with Gasteiger partial charge in [0.1, 0.15) is 6.61 Å². The molecule has 3 rings (SSSR count). The van der Waals surface area contributed by atoms with E-state index >= 15 is 0 Å². The molecule has 0 saturated carbocycles. The number of nitrogens with one attached hydrogen (secondary N) is 1. The Morgan fingerprint density at radius 1 is 1.21 bits per heavy atom. The van der Waals surface area contributed by atoms with Crippen LogP contribution in [0.5, 0.6) is 6.01 Å². The van der Waals surface area contributed by atoms with Crippen molar-refractivity contribution in [1.29, 1.82) is 0 Å². The van der Waals surface area contributed by atoms with Gasteiger partial charge in [0.25, 0.3) is 0 Å². The fourth-order valence-corrected chi connectivity index (χ4v) is 3.28. The second-order valence-corrected chi connectivity index (χ2v) is 7.59. The van der Waals surface area contributed by atoms with Crippen molar-refractivity contribution in [3.8, 4) is 22.4 Å². The largest absolute Gasteiger partial charge is 0.460 e. The van der Waals surface area contributed by atoms with Gasteiger partial charge in [0.15, 0.2) is 5.82 Å². The van der Waals surface area contributed by atoms with Crippen molar-refractivity contribution >= 4 is 22.9 Å². The van der Waals surface area contributed by atoms with Crippen LogP contribution in [-0.4, -0.2) is 41.0 Å². The quantitative estimate of drug-likeness (QED) is 0.549. The third-order valence-electron chi connectivity index (χ3n) is 3.84. The molecule has 1 amide bonds. The summed E-state index contributed by atoms with van der Waals surface area (Å²) in [5.41, 5.74) is 1.59. The van der Waals surface area contributed by atoms with Gasteiger partial charge in [-0.05, 0) is 41.6 Å². The van der Waals surface area contributed by atoms with Gasteiger partial charge in [-0.2, -0.15) is 4.98 Å². The Balaban J connectivity index is 1.82. The minimum Gasteiger partial charge on any atom is -0.460 e. The van der Waals surface area contributed by atoms with Crippen LogP contribution in [0.2, 0.25) is 0 Å². The van der Waals surface area contributed by atoms with Gasteiger partial charge in [-0.15, -0.1) is 16.4 Å². The van der Waals surface area contributed by atoms with E-state index in [1.54, 1.807) is 23.1 Å². The number of methoxy groups -OCH3 is 1. The normalized spacial score (nSPS) is 11.0. The standard InChI is InChI=1S/C20H24N4O3S/c1-14(2)13-18(25)21-15-6-8-16(9-7-15)24-19(17-5-4-12-28-17)22-20(23-24)27-11-10-26-3/h4-9,12,14H,10-11,13H2,1-3H3,(H,21,25). The second-order valence-electron chi connectivity index (χ2n) is 6.64. The fourth-order valence-electron chi connectivity index (χ4n) is 2.58. The van der Waals surface area contributed by atoms with Gasteiger partial charge in [0, 0.05) is 19.2 Å². The van der Waals surface area contributed by atoms with E-state index in [-0.39, 0.29) is 5.91 Å². The van der Waals surface area contributed by atoms with E-state index in [0.717, 1.165) is 16.3 Å². The van der Waals surface area contributed by atoms with Crippen molar-refractivity contribution in [1.82, 2.24) is 14.8 Å². The molecule has 3 aromatic rings. The van der Waals surface area contributed by atoms with Crippen LogP contribution in [-0.2, 0) is 9.53 Å². The zero-order valence-corrected chi connectivity index (χ0v) is 17.0. The van der Waals surface area contributed by atoms with Crippen LogP contribution < -0.4 is 10.1 Å². The Morgan fingerprint density at radius 2 is 2.00 bits per heavy atom. The highest BCUT2D eigenvalue weighted by Gasteiger charge is 2.16. The van der Waals surface area contributed by atoms with E-state index in [4.69, 9.17) is 9.47 Å². The molecule has 8 heteroatoms. The topological polar surface area (TPSA) is 78.3 Å². The molecule has 0 aliphatic carbocycles. The molecule has 0 fully saturated rings. The number of benzene rings is 1. The third-order valence-corrected chi connectivity index (χ3v) is 4.70. The molecular formula is C20H24N4O3S. The molecule has 0 unspecified atom stereocenters. The smallest absolute Gasteiger partial charge is 0.336 e. The molecule has 0 aliphatic heterocycles. The minimum absolute atomic E-state index is 0.0107. The molecule has 7 nitrogen and oxygen atoms in total. The fraction of sp³-hybridized carbons (Fsp3) is 0.350. The highest BCUT2D eigenvalue weighted by Crippen LogP contribution is 2.27. The molecule has 0 radical (unpaired) electrons. The first-order valence-corrected chi connectivity index (χ1v) is 9.97. The van der Waals surface area contributed by atoms with Gasteiger partial charge in [0.05, 0.1) is 17.2 Å². The van der Waals surface area contributed by atoms with Crippen molar-refractivity contribution in [2.75, 3.05) is 25.6 Å². The molecule has 0 aliphatic rings. The first kappa shape index (κ1) is 20.0. The molecule has 2 aromatic heterocycles. The SMILES string of the molecule is COCCOc1nc(-c2cccs2)n(-c2ccc(NC(=O)CC(C)C)cc2)n1. The van der Waals surface area contributed by atoms with Crippen LogP contribution in [0.4, 0.5) is 5.69 Å². The lowest BCUT2D eigenvalue weighted by molar-refractivity contribution is -0.116. The average molecular weight is 401 g/mol. The molecule has 0 atom stereocenters. The number of hydrogen-bond donors (Lipinski definition) is 1. The van der Waals surface area contributed by atoms with Crippen molar-refractivity contribution in [2.45, 2.75) is 20.3 Å². The molecule has 2 heterocycles. The summed E-state index contributed by atoms with van der Waals surface area (Å²) in [5, 5.41) is 9.39. The zero-order valence-electron chi connectivity index (χ0n) is 16.2. The lowest BCUT2D eigenvalue weighted by Gasteiger charge is -2.09. The monoisotopic (exact) mass is 400 g/mol. The van der Waals surface area contributed by atoms with Gasteiger partial charge in [-0.3, -0.25) is 4.79 Å². The molecule has 0 spiro atoms. The summed E-state index contributed by atoms with van der Waals surface area (Å²) >= 11 is 1.58. The van der Waals surface area contributed by atoms with Crippen molar-refractivity contribution < 1.29 is 14.3 Å². The molecule has 148 valence electrons. The lowest BCUT2D eigenvalue weighted by atomic mass is 10.1. The summed E-state index contributed by atoms with van der Waals surface area (Å²) in [6, 6.07) is 11.8. The summed E-state index contributed by atoms with van der Waals surface area (Å²) in [5.74, 6) is 1.04. The third kappa shape index (κ3) is 5.17. The lowest BCUT2D eigenvalue weighted by Crippen LogP contribution is -2.13. The van der Waals surface area contributed by atoms with E-state index in [9.17, 15) is 4.79 Å². The molecule has 0 saturated heterocycles. The number of amides is 1. The summed E-state index contributed by atoms with van der Waals surface area (Å²) < 4.78 is 12.3. The maximum absolute atomic E-state index is 12.0. The first-order chi connectivity index (χ1) is 13.6. The molecular weight excluding hydrogens is 376 g/mol. The van der Waals surface area contributed by atoms with Crippen molar-refractivity contribution in [3.63, 3.8) is 0 Å². The van der Waals surface area contributed by atoms with Crippen LogP contribution in [0.25, 0.3) is 16.4 Å².